The Bertz CT molecular complexity index is 1360. The molecule has 4 aromatic rings. The van der Waals surface area contributed by atoms with E-state index in [-0.39, 0.29) is 10.8 Å². The van der Waals surface area contributed by atoms with Gasteiger partial charge in [-0.1, -0.05) is 70.2 Å². The van der Waals surface area contributed by atoms with E-state index >= 15 is 0 Å². The molecular formula is C31H34N2. The van der Waals surface area contributed by atoms with Crippen molar-refractivity contribution >= 4 is 0 Å². The zero-order valence-corrected chi connectivity index (χ0v) is 21.2. The summed E-state index contributed by atoms with van der Waals surface area (Å²) in [5.74, 6) is 0. The number of hydrogen-bond acceptors (Lipinski definition) is 1. The van der Waals surface area contributed by atoms with E-state index in [2.05, 4.69) is 121 Å². The van der Waals surface area contributed by atoms with E-state index in [0.29, 0.717) is 0 Å². The van der Waals surface area contributed by atoms with Crippen molar-refractivity contribution in [2.24, 2.45) is 0 Å². The number of hydrogen-bond donors (Lipinski definition) is 0. The van der Waals surface area contributed by atoms with Gasteiger partial charge in [-0.25, -0.2) is 4.68 Å². The summed E-state index contributed by atoms with van der Waals surface area (Å²) in [5.41, 5.74) is 14.1. The van der Waals surface area contributed by atoms with Crippen LogP contribution in [0.15, 0.2) is 60.8 Å². The molecule has 0 radical (unpaired) electrons. The monoisotopic (exact) mass is 434 g/mol. The standard InChI is InChI=1S/C31H34N2/c1-19-11-9-12-20(2)27(19)23-15-16-26-25(17-23)30(5,6)31(7,8)29-24(18-32-33(26)29)28-21(3)13-10-14-22(28)4/h9-18H,1-8H3. The molecule has 0 saturated carbocycles. The summed E-state index contributed by atoms with van der Waals surface area (Å²) in [6.45, 7) is 18.4. The van der Waals surface area contributed by atoms with Gasteiger partial charge in [0.25, 0.3) is 0 Å². The largest absolute Gasteiger partial charge is 0.236 e. The lowest BCUT2D eigenvalue weighted by Crippen LogP contribution is -2.46. The van der Waals surface area contributed by atoms with Crippen molar-refractivity contribution < 1.29 is 0 Å². The van der Waals surface area contributed by atoms with Gasteiger partial charge in [-0.15, -0.1) is 0 Å². The van der Waals surface area contributed by atoms with Gasteiger partial charge < -0.3 is 0 Å². The molecule has 0 spiro atoms. The van der Waals surface area contributed by atoms with Gasteiger partial charge >= 0.3 is 0 Å². The highest BCUT2D eigenvalue weighted by Gasteiger charge is 2.48. The van der Waals surface area contributed by atoms with E-state index in [0.717, 1.165) is 0 Å². The number of aromatic nitrogens is 2. The third-order valence-corrected chi connectivity index (χ3v) is 8.34. The van der Waals surface area contributed by atoms with Crippen LogP contribution in [0.25, 0.3) is 27.9 Å². The first kappa shape index (κ1) is 21.7. The lowest BCUT2D eigenvalue weighted by molar-refractivity contribution is 0.276. The van der Waals surface area contributed by atoms with Crippen molar-refractivity contribution in [3.63, 3.8) is 0 Å². The lowest BCUT2D eigenvalue weighted by atomic mass is 9.59. The Morgan fingerprint density at radius 3 is 1.79 bits per heavy atom. The molecule has 2 nitrogen and oxygen atoms in total. The zero-order chi connectivity index (χ0) is 23.7. The molecule has 0 aliphatic carbocycles. The molecule has 0 N–H and O–H groups in total. The highest BCUT2D eigenvalue weighted by molar-refractivity contribution is 5.78. The fourth-order valence-electron chi connectivity index (χ4n) is 5.83. The van der Waals surface area contributed by atoms with Gasteiger partial charge in [0.05, 0.1) is 17.6 Å². The smallest absolute Gasteiger partial charge is 0.0687 e. The first-order valence-electron chi connectivity index (χ1n) is 11.9. The van der Waals surface area contributed by atoms with Gasteiger partial charge in [0.2, 0.25) is 0 Å². The van der Waals surface area contributed by atoms with Crippen LogP contribution in [0.2, 0.25) is 0 Å². The van der Waals surface area contributed by atoms with Crippen LogP contribution >= 0.6 is 0 Å². The highest BCUT2D eigenvalue weighted by atomic mass is 15.3. The second-order valence-electron chi connectivity index (χ2n) is 10.8. The van der Waals surface area contributed by atoms with Crippen LogP contribution in [0, 0.1) is 27.7 Å². The molecule has 0 unspecified atom stereocenters. The molecule has 1 aliphatic rings. The van der Waals surface area contributed by atoms with E-state index in [1.807, 2.05) is 0 Å². The first-order chi connectivity index (χ1) is 15.6. The van der Waals surface area contributed by atoms with E-state index in [4.69, 9.17) is 5.10 Å². The van der Waals surface area contributed by atoms with Gasteiger partial charge in [0.15, 0.2) is 0 Å². The molecule has 1 aromatic heterocycles. The summed E-state index contributed by atoms with van der Waals surface area (Å²) in [7, 11) is 0. The maximum absolute atomic E-state index is 4.97. The Labute approximate surface area is 198 Å². The molecular weight excluding hydrogens is 400 g/mol. The van der Waals surface area contributed by atoms with Crippen molar-refractivity contribution in [3.8, 4) is 27.9 Å². The SMILES string of the molecule is Cc1cccc(C)c1-c1ccc2c(c1)C(C)(C)C(C)(C)c1c(-c3c(C)cccc3C)cnn1-2. The minimum absolute atomic E-state index is 0.0731. The predicted octanol–water partition coefficient (Wildman–Crippen LogP) is 8.01. The lowest BCUT2D eigenvalue weighted by Gasteiger charge is -2.47. The number of benzene rings is 3. The molecule has 3 aromatic carbocycles. The van der Waals surface area contributed by atoms with Crippen LogP contribution in [-0.4, -0.2) is 9.78 Å². The van der Waals surface area contributed by atoms with E-state index in [1.54, 1.807) is 0 Å². The molecule has 1 aliphatic heterocycles. The predicted molar refractivity (Wildman–Crippen MR) is 139 cm³/mol. The molecule has 0 amide bonds. The van der Waals surface area contributed by atoms with E-state index < -0.39 is 0 Å². The molecule has 2 heterocycles. The van der Waals surface area contributed by atoms with Crippen LogP contribution < -0.4 is 0 Å². The minimum atomic E-state index is -0.111. The second-order valence-corrected chi connectivity index (χ2v) is 10.8. The summed E-state index contributed by atoms with van der Waals surface area (Å²) in [6.07, 6.45) is 2.08. The van der Waals surface area contributed by atoms with Crippen molar-refractivity contribution in [2.45, 2.75) is 66.2 Å². The minimum Gasteiger partial charge on any atom is -0.236 e. The van der Waals surface area contributed by atoms with Crippen molar-refractivity contribution in [3.05, 3.63) is 94.3 Å². The molecule has 168 valence electrons. The third-order valence-electron chi connectivity index (χ3n) is 8.34. The van der Waals surface area contributed by atoms with Crippen molar-refractivity contribution in [1.82, 2.24) is 9.78 Å². The molecule has 0 atom stereocenters. The second kappa shape index (κ2) is 7.18. The Hall–Kier alpha value is -3.13. The number of nitrogens with zero attached hydrogens (tertiary/aromatic N) is 2. The van der Waals surface area contributed by atoms with Gasteiger partial charge in [0, 0.05) is 16.4 Å². The number of fused-ring (bicyclic) bond motifs is 3. The summed E-state index contributed by atoms with van der Waals surface area (Å²) in [6, 6.07) is 20.1. The summed E-state index contributed by atoms with van der Waals surface area (Å²) >= 11 is 0. The van der Waals surface area contributed by atoms with Crippen molar-refractivity contribution in [1.29, 1.82) is 0 Å². The van der Waals surface area contributed by atoms with Gasteiger partial charge in [-0.2, -0.15) is 5.10 Å². The Morgan fingerprint density at radius 1 is 0.667 bits per heavy atom. The Kier molecular flexibility index (Phi) is 4.72. The van der Waals surface area contributed by atoms with E-state index in [1.165, 1.54) is 61.5 Å². The fraction of sp³-hybridized carbons (Fsp3) is 0.323. The first-order valence-corrected chi connectivity index (χ1v) is 11.9. The van der Waals surface area contributed by atoms with Gasteiger partial charge in [-0.3, -0.25) is 0 Å². The third kappa shape index (κ3) is 2.96. The van der Waals surface area contributed by atoms with Crippen molar-refractivity contribution in [2.75, 3.05) is 0 Å². The van der Waals surface area contributed by atoms with Crippen LogP contribution in [-0.2, 0) is 10.8 Å². The van der Waals surface area contributed by atoms with Gasteiger partial charge in [0.1, 0.15) is 0 Å². The van der Waals surface area contributed by atoms with E-state index in [9.17, 15) is 0 Å². The maximum atomic E-state index is 4.97. The van der Waals surface area contributed by atoms with Gasteiger partial charge in [-0.05, 0) is 84.3 Å². The molecule has 0 bridgehead atoms. The molecule has 0 saturated heterocycles. The van der Waals surface area contributed by atoms with Crippen LogP contribution in [0.5, 0.6) is 0 Å². The number of aryl methyl sites for hydroxylation is 4. The average Bonchev–Trinajstić information content (AvgIpc) is 3.18. The molecule has 33 heavy (non-hydrogen) atoms. The Morgan fingerprint density at radius 2 is 1.21 bits per heavy atom. The quantitative estimate of drug-likeness (QED) is 0.312. The number of rotatable bonds is 2. The molecule has 5 rings (SSSR count). The highest BCUT2D eigenvalue weighted by Crippen LogP contribution is 2.53. The summed E-state index contributed by atoms with van der Waals surface area (Å²) in [5, 5.41) is 4.97. The summed E-state index contributed by atoms with van der Waals surface area (Å²) in [4.78, 5) is 0. The maximum Gasteiger partial charge on any atom is 0.0687 e. The average molecular weight is 435 g/mol. The van der Waals surface area contributed by atoms with Crippen LogP contribution in [0.4, 0.5) is 0 Å². The molecule has 0 fully saturated rings. The topological polar surface area (TPSA) is 17.8 Å². The summed E-state index contributed by atoms with van der Waals surface area (Å²) < 4.78 is 2.20. The normalized spacial score (nSPS) is 15.8. The van der Waals surface area contributed by atoms with Crippen LogP contribution in [0.1, 0.15) is 61.2 Å². The Balaban J connectivity index is 1.80. The van der Waals surface area contributed by atoms with Crippen LogP contribution in [0.3, 0.4) is 0 Å². The molecule has 2 heteroatoms. The fourth-order valence-corrected chi connectivity index (χ4v) is 5.83. The zero-order valence-electron chi connectivity index (χ0n) is 21.2.